The van der Waals surface area contributed by atoms with E-state index in [1.54, 1.807) is 20.8 Å². The minimum absolute atomic E-state index is 0.0811. The molecular formula is C15H25ClN4O2Si. The highest BCUT2D eigenvalue weighted by Crippen LogP contribution is 2.21. The van der Waals surface area contributed by atoms with Gasteiger partial charge in [-0.25, -0.2) is 0 Å². The topological polar surface area (TPSA) is 98.6 Å². The van der Waals surface area contributed by atoms with Crippen LogP contribution in [0, 0.1) is 22.7 Å². The molecule has 0 N–H and O–H groups in total. The molecule has 1 atom stereocenters. The number of azo groups is 1. The van der Waals surface area contributed by atoms with Gasteiger partial charge in [0.1, 0.15) is 0 Å². The summed E-state index contributed by atoms with van der Waals surface area (Å²) in [6.07, 6.45) is 1.03. The van der Waals surface area contributed by atoms with Crippen LogP contribution in [0.4, 0.5) is 0 Å². The van der Waals surface area contributed by atoms with Crippen molar-refractivity contribution in [2.75, 3.05) is 6.61 Å². The Labute approximate surface area is 144 Å². The molecule has 23 heavy (non-hydrogen) atoms. The summed E-state index contributed by atoms with van der Waals surface area (Å²) < 4.78 is 5.13. The second-order valence-corrected chi connectivity index (χ2v) is 13.8. The molecule has 0 amide bonds. The molecule has 0 aliphatic heterocycles. The van der Waals surface area contributed by atoms with Crippen molar-refractivity contribution in [1.82, 2.24) is 0 Å². The summed E-state index contributed by atoms with van der Waals surface area (Å²) >= 11 is 6.19. The molecule has 0 heterocycles. The average Bonchev–Trinajstić information content (AvgIpc) is 2.47. The number of esters is 1. The summed E-state index contributed by atoms with van der Waals surface area (Å²) in [4.78, 5) is 11.7. The number of ether oxygens (including phenoxy) is 1. The van der Waals surface area contributed by atoms with E-state index in [1.165, 1.54) is 0 Å². The van der Waals surface area contributed by atoms with Gasteiger partial charge >= 0.3 is 5.97 Å². The monoisotopic (exact) mass is 356 g/mol. The zero-order valence-corrected chi connectivity index (χ0v) is 16.3. The fraction of sp³-hybridized carbons (Fsp3) is 0.800. The second-order valence-electron chi connectivity index (χ2n) is 6.80. The van der Waals surface area contributed by atoms with Crippen molar-refractivity contribution < 1.29 is 9.53 Å². The predicted molar refractivity (Wildman–Crippen MR) is 91.5 cm³/mol. The third-order valence-corrected chi connectivity index (χ3v) is 5.14. The Kier molecular flexibility index (Phi) is 8.44. The Morgan fingerprint density at radius 2 is 1.83 bits per heavy atom. The molecule has 1 unspecified atom stereocenters. The molecule has 8 heteroatoms. The summed E-state index contributed by atoms with van der Waals surface area (Å²) in [6, 6.07) is 4.89. The first-order chi connectivity index (χ1) is 10.4. The van der Waals surface area contributed by atoms with E-state index in [0.717, 1.165) is 12.5 Å². The third-order valence-electron chi connectivity index (χ3n) is 3.03. The van der Waals surface area contributed by atoms with E-state index in [0.29, 0.717) is 6.61 Å². The standard InChI is InChI=1S/C15H25ClN4O2Si/c1-14(2,11-17)19-20-15(3,12-18)8-7-13(21)22-9-6-10-23(4,5)16/h6-10H2,1-5H3. The van der Waals surface area contributed by atoms with Gasteiger partial charge in [-0.05, 0) is 39.7 Å². The van der Waals surface area contributed by atoms with Crippen LogP contribution in [0.25, 0.3) is 0 Å². The fourth-order valence-corrected chi connectivity index (χ4v) is 2.87. The van der Waals surface area contributed by atoms with Gasteiger partial charge in [0.15, 0.2) is 18.5 Å². The molecule has 128 valence electrons. The Morgan fingerprint density at radius 1 is 1.22 bits per heavy atom. The van der Waals surface area contributed by atoms with Crippen LogP contribution < -0.4 is 0 Å². The van der Waals surface area contributed by atoms with E-state index in [1.807, 2.05) is 25.2 Å². The number of nitriles is 2. The highest BCUT2D eigenvalue weighted by Gasteiger charge is 2.27. The number of hydrogen-bond donors (Lipinski definition) is 0. The molecular weight excluding hydrogens is 332 g/mol. The van der Waals surface area contributed by atoms with Crippen molar-refractivity contribution in [3.05, 3.63) is 0 Å². The molecule has 0 saturated heterocycles. The zero-order chi connectivity index (χ0) is 18.1. The maximum absolute atomic E-state index is 11.7. The predicted octanol–water partition coefficient (Wildman–Crippen LogP) is 4.18. The minimum atomic E-state index is -1.63. The van der Waals surface area contributed by atoms with Crippen LogP contribution in [0.5, 0.6) is 0 Å². The molecule has 0 fully saturated rings. The Hall–Kier alpha value is -1.44. The van der Waals surface area contributed by atoms with Crippen LogP contribution in [0.1, 0.15) is 40.0 Å². The van der Waals surface area contributed by atoms with Crippen LogP contribution in [-0.4, -0.2) is 31.0 Å². The molecule has 0 aromatic heterocycles. The van der Waals surface area contributed by atoms with Crippen molar-refractivity contribution >= 4 is 24.4 Å². The number of nitrogens with zero attached hydrogens (tertiary/aromatic N) is 4. The maximum Gasteiger partial charge on any atom is 0.305 e. The summed E-state index contributed by atoms with van der Waals surface area (Å²) in [5.74, 6) is -0.365. The quantitative estimate of drug-likeness (QED) is 0.203. The van der Waals surface area contributed by atoms with Crippen LogP contribution >= 0.6 is 11.1 Å². The first kappa shape index (κ1) is 21.6. The van der Waals surface area contributed by atoms with Gasteiger partial charge in [0.05, 0.1) is 18.7 Å². The minimum Gasteiger partial charge on any atom is -0.466 e. The number of hydrogen-bond acceptors (Lipinski definition) is 6. The SMILES string of the molecule is CC(C)(C#N)N=NC(C)(C#N)CCC(=O)OCCC[Si](C)(C)Cl. The summed E-state index contributed by atoms with van der Waals surface area (Å²) in [5, 5.41) is 25.9. The summed E-state index contributed by atoms with van der Waals surface area (Å²) in [7, 11) is -1.63. The average molecular weight is 357 g/mol. The lowest BCUT2D eigenvalue weighted by molar-refractivity contribution is -0.143. The van der Waals surface area contributed by atoms with Gasteiger partial charge in [-0.3, -0.25) is 4.79 Å². The third kappa shape index (κ3) is 10.8. The van der Waals surface area contributed by atoms with Gasteiger partial charge < -0.3 is 4.74 Å². The fourth-order valence-electron chi connectivity index (χ4n) is 1.48. The van der Waals surface area contributed by atoms with Crippen LogP contribution in [0.3, 0.4) is 0 Å². The number of carbonyl (C=O) groups is 1. The molecule has 0 rings (SSSR count). The lowest BCUT2D eigenvalue weighted by Gasteiger charge is -2.17. The van der Waals surface area contributed by atoms with E-state index in [4.69, 9.17) is 21.1 Å². The van der Waals surface area contributed by atoms with E-state index in [9.17, 15) is 10.1 Å². The van der Waals surface area contributed by atoms with Gasteiger partial charge in [0, 0.05) is 6.42 Å². The van der Waals surface area contributed by atoms with Crippen molar-refractivity contribution in [3.63, 3.8) is 0 Å². The van der Waals surface area contributed by atoms with Gasteiger partial charge in [-0.2, -0.15) is 31.8 Å². The molecule has 6 nitrogen and oxygen atoms in total. The summed E-state index contributed by atoms with van der Waals surface area (Å²) in [5.41, 5.74) is -2.13. The number of halogens is 1. The molecule has 0 aliphatic carbocycles. The van der Waals surface area contributed by atoms with Crippen molar-refractivity contribution in [1.29, 1.82) is 10.5 Å². The Morgan fingerprint density at radius 3 is 2.30 bits per heavy atom. The first-order valence-electron chi connectivity index (χ1n) is 7.54. The van der Waals surface area contributed by atoms with Gasteiger partial charge in [0.25, 0.3) is 0 Å². The Balaban J connectivity index is 4.33. The molecule has 0 bridgehead atoms. The molecule has 0 aliphatic rings. The molecule has 0 aromatic carbocycles. The van der Waals surface area contributed by atoms with Crippen LogP contribution in [-0.2, 0) is 9.53 Å². The van der Waals surface area contributed by atoms with Crippen LogP contribution in [0.2, 0.25) is 19.1 Å². The lowest BCUT2D eigenvalue weighted by atomic mass is 9.99. The van der Waals surface area contributed by atoms with E-state index >= 15 is 0 Å². The number of carbonyl (C=O) groups excluding carboxylic acids is 1. The Bertz CT molecular complexity index is 517. The molecule has 0 radical (unpaired) electrons. The first-order valence-corrected chi connectivity index (χ1v) is 11.8. The second kappa shape index (κ2) is 9.00. The van der Waals surface area contributed by atoms with Gasteiger partial charge in [0.2, 0.25) is 0 Å². The highest BCUT2D eigenvalue weighted by molar-refractivity contribution is 7.19. The van der Waals surface area contributed by atoms with E-state index in [-0.39, 0.29) is 18.8 Å². The molecule has 0 spiro atoms. The van der Waals surface area contributed by atoms with Crippen LogP contribution in [0.15, 0.2) is 10.2 Å². The van der Waals surface area contributed by atoms with Crippen molar-refractivity contribution in [3.8, 4) is 12.1 Å². The highest BCUT2D eigenvalue weighted by atomic mass is 35.6. The molecule has 0 aromatic rings. The van der Waals surface area contributed by atoms with Gasteiger partial charge in [-0.1, -0.05) is 13.1 Å². The summed E-state index contributed by atoms with van der Waals surface area (Å²) in [6.45, 7) is 9.21. The number of rotatable bonds is 9. The zero-order valence-electron chi connectivity index (χ0n) is 14.5. The lowest BCUT2D eigenvalue weighted by Crippen LogP contribution is -2.23. The van der Waals surface area contributed by atoms with E-state index < -0.39 is 18.5 Å². The van der Waals surface area contributed by atoms with Crippen molar-refractivity contribution in [2.24, 2.45) is 10.2 Å². The molecule has 0 saturated carbocycles. The van der Waals surface area contributed by atoms with E-state index in [2.05, 4.69) is 10.2 Å². The van der Waals surface area contributed by atoms with Crippen molar-refractivity contribution in [2.45, 2.75) is 70.2 Å². The smallest absolute Gasteiger partial charge is 0.305 e. The van der Waals surface area contributed by atoms with Gasteiger partial charge in [-0.15, -0.1) is 0 Å². The largest absolute Gasteiger partial charge is 0.466 e. The maximum atomic E-state index is 11.7. The normalized spacial score (nSPS) is 14.8.